The van der Waals surface area contributed by atoms with Gasteiger partial charge in [-0.2, -0.15) is 0 Å². The molecular formula is C14H12N4O3. The number of nitrogens with one attached hydrogen (secondary N) is 2. The third-order valence-electron chi connectivity index (χ3n) is 2.61. The van der Waals surface area contributed by atoms with Crippen molar-refractivity contribution in [2.45, 2.75) is 0 Å². The number of hydrogen-bond acceptors (Lipinski definition) is 4. The third-order valence-corrected chi connectivity index (χ3v) is 2.61. The third kappa shape index (κ3) is 3.46. The second-order valence-corrected chi connectivity index (χ2v) is 4.02. The van der Waals surface area contributed by atoms with Crippen molar-refractivity contribution in [2.24, 2.45) is 5.73 Å². The molecule has 1 heterocycles. The Morgan fingerprint density at radius 3 is 2.76 bits per heavy atom. The molecule has 0 atom stereocenters. The van der Waals surface area contributed by atoms with Crippen molar-refractivity contribution in [1.29, 1.82) is 0 Å². The van der Waals surface area contributed by atoms with Gasteiger partial charge in [-0.3, -0.25) is 4.79 Å². The van der Waals surface area contributed by atoms with Crippen LogP contribution in [0, 0.1) is 22.0 Å². The van der Waals surface area contributed by atoms with Crippen LogP contribution in [0.1, 0.15) is 16.1 Å². The van der Waals surface area contributed by atoms with E-state index >= 15 is 0 Å². The highest BCUT2D eigenvalue weighted by atomic mass is 16.6. The van der Waals surface area contributed by atoms with Gasteiger partial charge >= 0.3 is 5.82 Å². The average molecular weight is 284 g/mol. The lowest BCUT2D eigenvalue weighted by Gasteiger charge is -2.05. The Bertz CT molecular complexity index is 740. The van der Waals surface area contributed by atoms with Crippen LogP contribution in [0.2, 0.25) is 0 Å². The number of aromatic nitrogens is 1. The number of aromatic amines is 1. The largest absolute Gasteiger partial charge is 0.358 e. The van der Waals surface area contributed by atoms with Gasteiger partial charge in [0.05, 0.1) is 12.2 Å². The highest BCUT2D eigenvalue weighted by Crippen LogP contribution is 2.16. The maximum Gasteiger partial charge on any atom is 0.321 e. The van der Waals surface area contributed by atoms with Crippen molar-refractivity contribution < 1.29 is 9.72 Å². The molecule has 21 heavy (non-hydrogen) atoms. The van der Waals surface area contributed by atoms with Gasteiger partial charge in [-0.25, -0.2) is 4.98 Å². The molecule has 2 aromatic rings. The molecule has 0 unspecified atom stereocenters. The Kier molecular flexibility index (Phi) is 4.33. The van der Waals surface area contributed by atoms with Crippen LogP contribution in [0.5, 0.6) is 0 Å². The fourth-order valence-corrected chi connectivity index (χ4v) is 1.66. The number of carbonyl (C=O) groups is 1. The highest BCUT2D eigenvalue weighted by molar-refractivity contribution is 6.03. The lowest BCUT2D eigenvalue weighted by molar-refractivity contribution is -0.389. The second kappa shape index (κ2) is 6.36. The second-order valence-electron chi connectivity index (χ2n) is 4.02. The molecule has 0 saturated heterocycles. The summed E-state index contributed by atoms with van der Waals surface area (Å²) < 4.78 is 0. The van der Waals surface area contributed by atoms with Crippen LogP contribution in [0.4, 0.5) is 11.5 Å². The first-order chi connectivity index (χ1) is 10.1. The monoisotopic (exact) mass is 284 g/mol. The van der Waals surface area contributed by atoms with Crippen LogP contribution in [0.25, 0.3) is 0 Å². The normalized spacial score (nSPS) is 9.57. The molecule has 1 aromatic carbocycles. The SMILES string of the molecule is NCC#Cc1ccccc1NC(=O)c1ccc([N+](=O)[O-])[nH]1. The maximum absolute atomic E-state index is 12.0. The predicted molar refractivity (Wildman–Crippen MR) is 77.8 cm³/mol. The maximum atomic E-state index is 12.0. The average Bonchev–Trinajstić information content (AvgIpc) is 2.96. The van der Waals surface area contributed by atoms with Gasteiger partial charge in [-0.1, -0.05) is 24.0 Å². The van der Waals surface area contributed by atoms with E-state index in [-0.39, 0.29) is 18.1 Å². The molecule has 7 nitrogen and oxygen atoms in total. The molecule has 0 radical (unpaired) electrons. The van der Waals surface area contributed by atoms with Gasteiger partial charge in [-0.05, 0) is 23.1 Å². The summed E-state index contributed by atoms with van der Waals surface area (Å²) in [6.45, 7) is 0.213. The van der Waals surface area contributed by atoms with Gasteiger partial charge in [0.25, 0.3) is 5.91 Å². The van der Waals surface area contributed by atoms with E-state index < -0.39 is 10.8 Å². The zero-order valence-corrected chi connectivity index (χ0v) is 10.9. The molecule has 7 heteroatoms. The van der Waals surface area contributed by atoms with E-state index in [0.29, 0.717) is 11.3 Å². The number of hydrogen-bond donors (Lipinski definition) is 3. The van der Waals surface area contributed by atoms with Crippen LogP contribution < -0.4 is 11.1 Å². The van der Waals surface area contributed by atoms with Crippen LogP contribution >= 0.6 is 0 Å². The first kappa shape index (κ1) is 14.3. The van der Waals surface area contributed by atoms with E-state index in [1.165, 1.54) is 12.1 Å². The Labute approximate surface area is 120 Å². The summed E-state index contributed by atoms with van der Waals surface area (Å²) in [6, 6.07) is 9.55. The Morgan fingerprint density at radius 1 is 1.33 bits per heavy atom. The topological polar surface area (TPSA) is 114 Å². The first-order valence-electron chi connectivity index (χ1n) is 6.04. The minimum atomic E-state index is -0.600. The van der Waals surface area contributed by atoms with Gasteiger partial charge in [0.15, 0.2) is 5.69 Å². The van der Waals surface area contributed by atoms with Crippen LogP contribution in [0.15, 0.2) is 36.4 Å². The number of H-pyrrole nitrogens is 1. The highest BCUT2D eigenvalue weighted by Gasteiger charge is 2.16. The molecule has 4 N–H and O–H groups in total. The summed E-state index contributed by atoms with van der Waals surface area (Å²) in [5.41, 5.74) is 6.56. The molecule has 0 spiro atoms. The molecular weight excluding hydrogens is 272 g/mol. The standard InChI is InChI=1S/C14H12N4O3/c15-9-3-5-10-4-1-2-6-11(10)17-14(19)12-7-8-13(16-12)18(20)21/h1-2,4,6-8,16H,9,15H2,(H,17,19). The van der Waals surface area contributed by atoms with Gasteiger partial charge in [0.1, 0.15) is 0 Å². The smallest absolute Gasteiger partial charge is 0.321 e. The zero-order valence-electron chi connectivity index (χ0n) is 10.9. The minimum Gasteiger partial charge on any atom is -0.358 e. The Balaban J connectivity index is 2.21. The van der Waals surface area contributed by atoms with Crippen molar-refractivity contribution in [1.82, 2.24) is 4.98 Å². The molecule has 1 amide bonds. The molecule has 0 aliphatic heterocycles. The van der Waals surface area contributed by atoms with Gasteiger partial charge in [0, 0.05) is 11.6 Å². The van der Waals surface area contributed by atoms with Crippen LogP contribution in [-0.4, -0.2) is 22.4 Å². The first-order valence-corrected chi connectivity index (χ1v) is 6.04. The van der Waals surface area contributed by atoms with Crippen molar-refractivity contribution in [3.8, 4) is 11.8 Å². The van der Waals surface area contributed by atoms with Gasteiger partial charge < -0.3 is 21.2 Å². The number of carbonyl (C=O) groups excluding carboxylic acids is 1. The van der Waals surface area contributed by atoms with E-state index in [2.05, 4.69) is 22.1 Å². The number of para-hydroxylation sites is 1. The number of amides is 1. The van der Waals surface area contributed by atoms with Gasteiger partial charge in [0.2, 0.25) is 0 Å². The predicted octanol–water partition coefficient (Wildman–Crippen LogP) is 1.49. The van der Waals surface area contributed by atoms with E-state index in [0.717, 1.165) is 0 Å². The summed E-state index contributed by atoms with van der Waals surface area (Å²) >= 11 is 0. The number of benzene rings is 1. The van der Waals surface area contributed by atoms with E-state index in [4.69, 9.17) is 5.73 Å². The zero-order chi connectivity index (χ0) is 15.2. The molecule has 0 fully saturated rings. The lowest BCUT2D eigenvalue weighted by atomic mass is 10.2. The summed E-state index contributed by atoms with van der Waals surface area (Å²) in [5, 5.41) is 13.2. The molecule has 0 aliphatic carbocycles. The fourth-order valence-electron chi connectivity index (χ4n) is 1.66. The molecule has 0 aliphatic rings. The number of nitrogens with zero attached hydrogens (tertiary/aromatic N) is 1. The molecule has 1 aromatic heterocycles. The summed E-state index contributed by atoms with van der Waals surface area (Å²) in [7, 11) is 0. The lowest BCUT2D eigenvalue weighted by Crippen LogP contribution is -2.13. The van der Waals surface area contributed by atoms with Crippen LogP contribution in [0.3, 0.4) is 0 Å². The van der Waals surface area contributed by atoms with E-state index in [1.807, 2.05) is 0 Å². The van der Waals surface area contributed by atoms with Gasteiger partial charge in [-0.15, -0.1) is 0 Å². The molecule has 2 rings (SSSR count). The van der Waals surface area contributed by atoms with Crippen molar-refractivity contribution >= 4 is 17.4 Å². The van der Waals surface area contributed by atoms with Crippen LogP contribution in [-0.2, 0) is 0 Å². The van der Waals surface area contributed by atoms with E-state index in [1.54, 1.807) is 24.3 Å². The Morgan fingerprint density at radius 2 is 2.10 bits per heavy atom. The van der Waals surface area contributed by atoms with E-state index in [9.17, 15) is 14.9 Å². The Hall–Kier alpha value is -3.11. The molecule has 0 bridgehead atoms. The van der Waals surface area contributed by atoms with Crippen molar-refractivity contribution in [2.75, 3.05) is 11.9 Å². The van der Waals surface area contributed by atoms with Crippen molar-refractivity contribution in [3.05, 3.63) is 57.8 Å². The number of rotatable bonds is 3. The number of anilines is 1. The summed E-state index contributed by atoms with van der Waals surface area (Å²) in [5.74, 6) is 4.83. The van der Waals surface area contributed by atoms with Crippen molar-refractivity contribution in [3.63, 3.8) is 0 Å². The summed E-state index contributed by atoms with van der Waals surface area (Å²) in [6.07, 6.45) is 0. The number of nitrogens with two attached hydrogens (primary N) is 1. The molecule has 0 saturated carbocycles. The quantitative estimate of drug-likeness (QED) is 0.450. The number of nitro groups is 1. The minimum absolute atomic E-state index is 0.100. The fraction of sp³-hybridized carbons (Fsp3) is 0.0714. The molecule has 106 valence electrons. The summed E-state index contributed by atoms with van der Waals surface area (Å²) in [4.78, 5) is 24.4.